The lowest BCUT2D eigenvalue weighted by Gasteiger charge is -2.03. The zero-order valence-electron chi connectivity index (χ0n) is 10.5. The van der Waals surface area contributed by atoms with Gasteiger partial charge in [-0.25, -0.2) is 13.8 Å². The van der Waals surface area contributed by atoms with Crippen LogP contribution >= 0.6 is 0 Å². The van der Waals surface area contributed by atoms with Gasteiger partial charge < -0.3 is 21.7 Å². The number of ether oxygens (including phenoxy) is 1. The lowest BCUT2D eigenvalue weighted by molar-refractivity contribution is -0.671. The number of carbonyl (C=O) groups excluding carboxylic acids is 1. The predicted molar refractivity (Wildman–Crippen MR) is 59.0 cm³/mol. The van der Waals surface area contributed by atoms with Crippen molar-refractivity contribution in [1.29, 1.82) is 0 Å². The van der Waals surface area contributed by atoms with E-state index in [0.29, 0.717) is 19.5 Å². The van der Waals surface area contributed by atoms with Crippen molar-refractivity contribution in [3.05, 3.63) is 25.0 Å². The van der Waals surface area contributed by atoms with Crippen molar-refractivity contribution in [1.82, 2.24) is 24.8 Å². The molecular formula is C10H15BrN6O2. The van der Waals surface area contributed by atoms with Gasteiger partial charge >= 0.3 is 5.97 Å². The quantitative estimate of drug-likeness (QED) is 0.398. The predicted octanol–water partition coefficient (Wildman–Crippen LogP) is -4.06. The molecule has 2 aromatic rings. The molecule has 0 amide bonds. The number of tetrazole rings is 1. The third-order valence-corrected chi connectivity index (χ3v) is 2.37. The second-order valence-corrected chi connectivity index (χ2v) is 3.86. The number of carbonyl (C=O) groups is 1. The summed E-state index contributed by atoms with van der Waals surface area (Å²) in [6.45, 7) is 1.37. The van der Waals surface area contributed by atoms with Gasteiger partial charge in [-0.15, -0.1) is 5.10 Å². The molecule has 0 aromatic carbocycles. The Labute approximate surface area is 120 Å². The summed E-state index contributed by atoms with van der Waals surface area (Å²) < 4.78 is 10.4. The molecule has 9 heteroatoms. The molecule has 8 nitrogen and oxygen atoms in total. The Morgan fingerprint density at radius 2 is 2.26 bits per heavy atom. The minimum Gasteiger partial charge on any atom is -1.00 e. The van der Waals surface area contributed by atoms with Crippen molar-refractivity contribution < 1.29 is 31.1 Å². The highest BCUT2D eigenvalue weighted by Crippen LogP contribution is 1.93. The van der Waals surface area contributed by atoms with Crippen molar-refractivity contribution in [2.75, 3.05) is 6.61 Å². The molecule has 0 aliphatic carbocycles. The van der Waals surface area contributed by atoms with Gasteiger partial charge in [0.15, 0.2) is 0 Å². The number of hydrogen-bond donors (Lipinski definition) is 0. The summed E-state index contributed by atoms with van der Waals surface area (Å²) in [5.41, 5.74) is 0. The molecular weight excluding hydrogens is 316 g/mol. The first-order valence-electron chi connectivity index (χ1n) is 5.61. The minimum absolute atomic E-state index is 0. The summed E-state index contributed by atoms with van der Waals surface area (Å²) in [5.74, 6) is -0.223. The Morgan fingerprint density at radius 1 is 1.42 bits per heavy atom. The number of esters is 1. The third kappa shape index (κ3) is 5.16. The Kier molecular flexibility index (Phi) is 6.13. The fourth-order valence-electron chi connectivity index (χ4n) is 1.46. The van der Waals surface area contributed by atoms with Gasteiger partial charge in [-0.05, 0) is 10.4 Å². The molecule has 0 saturated carbocycles. The highest BCUT2D eigenvalue weighted by Gasteiger charge is 2.07. The highest BCUT2D eigenvalue weighted by molar-refractivity contribution is 5.69. The molecule has 0 bridgehead atoms. The number of aromatic nitrogens is 6. The van der Waals surface area contributed by atoms with Crippen LogP contribution in [0.25, 0.3) is 0 Å². The maximum absolute atomic E-state index is 11.4. The van der Waals surface area contributed by atoms with Crippen LogP contribution in [-0.4, -0.2) is 37.4 Å². The van der Waals surface area contributed by atoms with E-state index < -0.39 is 0 Å². The molecule has 2 heterocycles. The normalized spacial score (nSPS) is 9.95. The molecule has 0 aliphatic heterocycles. The Balaban J connectivity index is 0.00000180. The average Bonchev–Trinajstić information content (AvgIpc) is 2.98. The van der Waals surface area contributed by atoms with Gasteiger partial charge in [0.05, 0.1) is 20.0 Å². The van der Waals surface area contributed by atoms with Gasteiger partial charge in [-0.1, -0.05) is 0 Å². The van der Waals surface area contributed by atoms with E-state index in [1.165, 1.54) is 11.0 Å². The van der Waals surface area contributed by atoms with E-state index in [2.05, 4.69) is 15.5 Å². The molecule has 2 aromatic heterocycles. The summed E-state index contributed by atoms with van der Waals surface area (Å²) in [6, 6.07) is 0. The van der Waals surface area contributed by atoms with Crippen LogP contribution in [0.2, 0.25) is 0 Å². The van der Waals surface area contributed by atoms with Crippen molar-refractivity contribution in [3.8, 4) is 0 Å². The molecule has 104 valence electrons. The Bertz CT molecular complexity index is 498. The summed E-state index contributed by atoms with van der Waals surface area (Å²) >= 11 is 0. The largest absolute Gasteiger partial charge is 1.00 e. The third-order valence-electron chi connectivity index (χ3n) is 2.37. The van der Waals surface area contributed by atoms with E-state index in [1.807, 2.05) is 34.9 Å². The molecule has 0 saturated heterocycles. The number of halogens is 1. The van der Waals surface area contributed by atoms with E-state index in [-0.39, 0.29) is 29.6 Å². The molecule has 0 atom stereocenters. The first kappa shape index (κ1) is 15.3. The number of nitrogens with zero attached hydrogens (tertiary/aromatic N) is 6. The van der Waals surface area contributed by atoms with Crippen LogP contribution in [0, 0.1) is 0 Å². The van der Waals surface area contributed by atoms with E-state index in [0.717, 1.165) is 0 Å². The van der Waals surface area contributed by atoms with Crippen molar-refractivity contribution in [2.24, 2.45) is 7.05 Å². The molecule has 2 rings (SSSR count). The van der Waals surface area contributed by atoms with Crippen molar-refractivity contribution in [3.63, 3.8) is 0 Å². The van der Waals surface area contributed by atoms with Crippen LogP contribution < -0.4 is 21.5 Å². The zero-order chi connectivity index (χ0) is 12.8. The van der Waals surface area contributed by atoms with E-state index in [9.17, 15) is 4.79 Å². The van der Waals surface area contributed by atoms with E-state index in [1.54, 1.807) is 0 Å². The maximum Gasteiger partial charge on any atom is 0.309 e. The van der Waals surface area contributed by atoms with Crippen molar-refractivity contribution in [2.45, 2.75) is 19.5 Å². The van der Waals surface area contributed by atoms with Crippen LogP contribution in [0.5, 0.6) is 0 Å². The Morgan fingerprint density at radius 3 is 2.89 bits per heavy atom. The zero-order valence-corrected chi connectivity index (χ0v) is 12.1. The van der Waals surface area contributed by atoms with Gasteiger partial charge in [-0.2, -0.15) is 0 Å². The summed E-state index contributed by atoms with van der Waals surface area (Å²) in [4.78, 5) is 11.4. The van der Waals surface area contributed by atoms with Gasteiger partial charge in [0.25, 0.3) is 0 Å². The molecule has 0 fully saturated rings. The molecule has 0 radical (unpaired) electrons. The van der Waals surface area contributed by atoms with Gasteiger partial charge in [0.2, 0.25) is 6.33 Å². The fourth-order valence-corrected chi connectivity index (χ4v) is 1.46. The SMILES string of the molecule is C[n+]1ccn(CCC(=O)OCCn2cnnn2)c1.[Br-]. The first-order chi connectivity index (χ1) is 8.74. The minimum atomic E-state index is -0.223. The lowest BCUT2D eigenvalue weighted by Crippen LogP contribution is -3.00. The van der Waals surface area contributed by atoms with E-state index in [4.69, 9.17) is 4.74 Å². The van der Waals surface area contributed by atoms with Crippen molar-refractivity contribution >= 4 is 5.97 Å². The first-order valence-corrected chi connectivity index (χ1v) is 5.61. The maximum atomic E-state index is 11.4. The number of hydrogen-bond acceptors (Lipinski definition) is 5. The molecule has 19 heavy (non-hydrogen) atoms. The number of rotatable bonds is 6. The smallest absolute Gasteiger partial charge is 0.309 e. The fraction of sp³-hybridized carbons (Fsp3) is 0.500. The second-order valence-electron chi connectivity index (χ2n) is 3.86. The standard InChI is InChI=1S/C10H15N6O2.BrH/c1-14-4-5-15(9-14)3-2-10(17)18-7-6-16-8-11-12-13-16;/h4-5,8-9H,2-3,6-7H2,1H3;1H/q+1;/p-1. The average molecular weight is 331 g/mol. The van der Waals surface area contributed by atoms with Gasteiger partial charge in [0, 0.05) is 0 Å². The van der Waals surface area contributed by atoms with E-state index >= 15 is 0 Å². The molecule has 0 unspecified atom stereocenters. The van der Waals surface area contributed by atoms with Crippen LogP contribution in [0.3, 0.4) is 0 Å². The summed E-state index contributed by atoms with van der Waals surface area (Å²) in [6.07, 6.45) is 7.57. The monoisotopic (exact) mass is 330 g/mol. The van der Waals surface area contributed by atoms with Crippen LogP contribution in [0.4, 0.5) is 0 Å². The van der Waals surface area contributed by atoms with Crippen LogP contribution in [0.15, 0.2) is 25.0 Å². The number of aryl methyl sites for hydroxylation is 2. The molecule has 0 aliphatic rings. The van der Waals surface area contributed by atoms with Crippen LogP contribution in [0.1, 0.15) is 6.42 Å². The molecule has 0 N–H and O–H groups in total. The summed E-state index contributed by atoms with van der Waals surface area (Å²) in [7, 11) is 1.93. The van der Waals surface area contributed by atoms with Crippen LogP contribution in [-0.2, 0) is 29.7 Å². The van der Waals surface area contributed by atoms with Gasteiger partial charge in [0.1, 0.15) is 31.9 Å². The second kappa shape index (κ2) is 7.62. The topological polar surface area (TPSA) is 78.7 Å². The highest BCUT2D eigenvalue weighted by atomic mass is 79.9. The Hall–Kier alpha value is -1.77. The summed E-state index contributed by atoms with van der Waals surface area (Å²) in [5, 5.41) is 10.6. The number of imidazole rings is 1. The lowest BCUT2D eigenvalue weighted by atomic mass is 10.4. The molecule has 0 spiro atoms. The van der Waals surface area contributed by atoms with Gasteiger partial charge in [-0.3, -0.25) is 4.79 Å².